The Balaban J connectivity index is 1.44. The van der Waals surface area contributed by atoms with Crippen LogP contribution in [0.15, 0.2) is 42.7 Å². The molecule has 1 atom stereocenters. The molecule has 1 aliphatic heterocycles. The first-order valence-electron chi connectivity index (χ1n) is 9.09. The van der Waals surface area contributed by atoms with Gasteiger partial charge in [-0.05, 0) is 47.7 Å². The van der Waals surface area contributed by atoms with Gasteiger partial charge in [0.1, 0.15) is 5.82 Å². The highest BCUT2D eigenvalue weighted by molar-refractivity contribution is 7.18. The zero-order valence-electron chi connectivity index (χ0n) is 15.1. The van der Waals surface area contributed by atoms with Crippen molar-refractivity contribution in [3.8, 4) is 10.4 Å². The Morgan fingerprint density at radius 3 is 3.00 bits per heavy atom. The molecule has 2 aromatic heterocycles. The fraction of sp³-hybridized carbons (Fsp3) is 0.300. The Kier molecular flexibility index (Phi) is 5.90. The first-order valence-corrected chi connectivity index (χ1v) is 9.91. The fourth-order valence-corrected chi connectivity index (χ4v) is 3.94. The van der Waals surface area contributed by atoms with E-state index < -0.39 is 11.6 Å². The molecule has 0 saturated carbocycles. The van der Waals surface area contributed by atoms with Crippen LogP contribution in [-0.2, 0) is 11.2 Å². The summed E-state index contributed by atoms with van der Waals surface area (Å²) in [5, 5.41) is 7.22. The van der Waals surface area contributed by atoms with Gasteiger partial charge in [0.15, 0.2) is 16.8 Å². The van der Waals surface area contributed by atoms with E-state index in [1.165, 1.54) is 29.0 Å². The number of hydrogen-bond acceptors (Lipinski definition) is 6. The Hall–Kier alpha value is -2.42. The Morgan fingerprint density at radius 2 is 2.11 bits per heavy atom. The minimum Gasteiger partial charge on any atom is -0.380 e. The molecule has 0 radical (unpaired) electrons. The fourth-order valence-electron chi connectivity index (χ4n) is 3.12. The Labute approximate surface area is 165 Å². The summed E-state index contributed by atoms with van der Waals surface area (Å²) in [6.45, 7) is 3.34. The molecule has 0 unspecified atom stereocenters. The van der Waals surface area contributed by atoms with Crippen molar-refractivity contribution in [1.29, 1.82) is 0 Å². The largest absolute Gasteiger partial charge is 0.380 e. The van der Waals surface area contributed by atoms with Gasteiger partial charge in [0.05, 0.1) is 18.1 Å². The lowest BCUT2D eigenvalue weighted by Gasteiger charge is -2.14. The van der Waals surface area contributed by atoms with Crippen molar-refractivity contribution >= 4 is 22.3 Å². The van der Waals surface area contributed by atoms with Crippen molar-refractivity contribution in [1.82, 2.24) is 15.3 Å². The molecule has 5 nitrogen and oxygen atoms in total. The van der Waals surface area contributed by atoms with E-state index in [2.05, 4.69) is 20.6 Å². The predicted octanol–water partition coefficient (Wildman–Crippen LogP) is 4.01. The molecule has 3 aromatic rings. The number of benzene rings is 1. The predicted molar refractivity (Wildman–Crippen MR) is 106 cm³/mol. The number of ether oxygens (including phenoxy) is 1. The van der Waals surface area contributed by atoms with Crippen LogP contribution in [0.5, 0.6) is 0 Å². The van der Waals surface area contributed by atoms with Crippen LogP contribution in [0.4, 0.5) is 19.7 Å². The molecule has 2 N–H and O–H groups in total. The maximum Gasteiger partial charge on any atom is 0.188 e. The lowest BCUT2D eigenvalue weighted by Crippen LogP contribution is -2.24. The molecule has 0 spiro atoms. The number of thiazole rings is 1. The summed E-state index contributed by atoms with van der Waals surface area (Å²) in [6.07, 6.45) is 4.31. The highest BCUT2D eigenvalue weighted by Gasteiger charge is 2.14. The monoisotopic (exact) mass is 402 g/mol. The van der Waals surface area contributed by atoms with Gasteiger partial charge < -0.3 is 15.4 Å². The van der Waals surface area contributed by atoms with Crippen LogP contribution in [0.25, 0.3) is 10.4 Å². The summed E-state index contributed by atoms with van der Waals surface area (Å²) in [4.78, 5) is 9.42. The number of nitrogens with one attached hydrogen (secondary N) is 2. The molecule has 1 aliphatic rings. The second-order valence-corrected chi connectivity index (χ2v) is 7.71. The molecule has 0 bridgehead atoms. The third kappa shape index (κ3) is 4.70. The molecule has 0 amide bonds. The molecule has 4 rings (SSSR count). The van der Waals surface area contributed by atoms with E-state index in [0.717, 1.165) is 43.7 Å². The normalized spacial score (nSPS) is 17.3. The van der Waals surface area contributed by atoms with Crippen LogP contribution in [0.3, 0.4) is 0 Å². The van der Waals surface area contributed by atoms with Crippen molar-refractivity contribution in [2.75, 3.05) is 31.6 Å². The summed E-state index contributed by atoms with van der Waals surface area (Å²) in [5.74, 6) is -0.600. The average Bonchev–Trinajstić information content (AvgIpc) is 3.00. The van der Waals surface area contributed by atoms with Gasteiger partial charge in [0.2, 0.25) is 0 Å². The smallest absolute Gasteiger partial charge is 0.188 e. The highest BCUT2D eigenvalue weighted by atomic mass is 32.1. The second-order valence-electron chi connectivity index (χ2n) is 6.68. The number of aromatic nitrogens is 2. The quantitative estimate of drug-likeness (QED) is 0.675. The number of halogens is 2. The molecule has 28 heavy (non-hydrogen) atoms. The van der Waals surface area contributed by atoms with Crippen molar-refractivity contribution in [3.05, 3.63) is 59.9 Å². The van der Waals surface area contributed by atoms with Gasteiger partial charge in [-0.3, -0.25) is 0 Å². The summed E-state index contributed by atoms with van der Waals surface area (Å²) in [5.41, 5.74) is 1.76. The second kappa shape index (κ2) is 8.72. The van der Waals surface area contributed by atoms with Crippen LogP contribution < -0.4 is 10.6 Å². The summed E-state index contributed by atoms with van der Waals surface area (Å²) >= 11 is 1.36. The van der Waals surface area contributed by atoms with Gasteiger partial charge >= 0.3 is 0 Å². The zero-order chi connectivity index (χ0) is 19.3. The van der Waals surface area contributed by atoms with Crippen LogP contribution in [0, 0.1) is 17.6 Å². The molecule has 146 valence electrons. The third-order valence-corrected chi connectivity index (χ3v) is 5.47. The van der Waals surface area contributed by atoms with Crippen molar-refractivity contribution in [2.45, 2.75) is 6.42 Å². The molecule has 1 aromatic carbocycles. The van der Waals surface area contributed by atoms with E-state index >= 15 is 0 Å². The van der Waals surface area contributed by atoms with Gasteiger partial charge in [-0.2, -0.15) is 0 Å². The number of pyridine rings is 1. The average molecular weight is 402 g/mol. The van der Waals surface area contributed by atoms with E-state index in [1.807, 2.05) is 12.1 Å². The van der Waals surface area contributed by atoms with Gasteiger partial charge in [0, 0.05) is 25.5 Å². The van der Waals surface area contributed by atoms with E-state index in [-0.39, 0.29) is 0 Å². The van der Waals surface area contributed by atoms with Gasteiger partial charge in [-0.25, -0.2) is 18.7 Å². The van der Waals surface area contributed by atoms with Crippen LogP contribution in [-0.4, -0.2) is 36.3 Å². The molecule has 3 heterocycles. The maximum absolute atomic E-state index is 13.5. The van der Waals surface area contributed by atoms with Crippen molar-refractivity contribution in [2.24, 2.45) is 5.92 Å². The Bertz CT molecular complexity index is 941. The molecule has 0 aliphatic carbocycles. The van der Waals surface area contributed by atoms with E-state index in [9.17, 15) is 8.78 Å². The SMILES string of the molecule is Fc1ccc(-c2cnc(Nc3cc(C[C@H]4CNCCOC4)ccn3)s2)cc1F. The number of anilines is 2. The van der Waals surface area contributed by atoms with Gasteiger partial charge in [-0.15, -0.1) is 0 Å². The van der Waals surface area contributed by atoms with Crippen LogP contribution in [0.1, 0.15) is 5.56 Å². The number of nitrogens with zero attached hydrogens (tertiary/aromatic N) is 2. The van der Waals surface area contributed by atoms with E-state index in [1.54, 1.807) is 12.4 Å². The van der Waals surface area contributed by atoms with Crippen LogP contribution >= 0.6 is 11.3 Å². The van der Waals surface area contributed by atoms with Crippen molar-refractivity contribution in [3.63, 3.8) is 0 Å². The molecule has 1 fully saturated rings. The summed E-state index contributed by atoms with van der Waals surface area (Å²) in [6, 6.07) is 7.84. The van der Waals surface area contributed by atoms with E-state index in [4.69, 9.17) is 4.74 Å². The van der Waals surface area contributed by atoms with Gasteiger partial charge in [-0.1, -0.05) is 17.4 Å². The topological polar surface area (TPSA) is 59.1 Å². The third-order valence-electron chi connectivity index (χ3n) is 4.50. The first-order chi connectivity index (χ1) is 13.7. The zero-order valence-corrected chi connectivity index (χ0v) is 15.9. The molecule has 1 saturated heterocycles. The lowest BCUT2D eigenvalue weighted by molar-refractivity contribution is 0.123. The Morgan fingerprint density at radius 1 is 1.18 bits per heavy atom. The molecule has 8 heteroatoms. The van der Waals surface area contributed by atoms with E-state index in [0.29, 0.717) is 22.4 Å². The van der Waals surface area contributed by atoms with Gasteiger partial charge in [0.25, 0.3) is 0 Å². The molecular weight excluding hydrogens is 382 g/mol. The minimum atomic E-state index is -0.869. The first kappa shape index (κ1) is 18.9. The standard InChI is InChI=1S/C20H20F2N4OS/c21-16-2-1-15(9-17(16)22)18-11-25-20(28-18)26-19-8-13(3-4-24-19)7-14-10-23-5-6-27-12-14/h1-4,8-9,11,14,23H,5-7,10,12H2,(H,24,25,26)/t14-/m0/s1. The molecular formula is C20H20F2N4OS. The summed E-state index contributed by atoms with van der Waals surface area (Å²) < 4.78 is 32.2. The van der Waals surface area contributed by atoms with Crippen LogP contribution in [0.2, 0.25) is 0 Å². The minimum absolute atomic E-state index is 0.428. The summed E-state index contributed by atoms with van der Waals surface area (Å²) in [7, 11) is 0. The lowest BCUT2D eigenvalue weighted by atomic mass is 10.0. The number of hydrogen-bond donors (Lipinski definition) is 2. The number of rotatable bonds is 5. The maximum atomic E-state index is 13.5. The van der Waals surface area contributed by atoms with Crippen molar-refractivity contribution < 1.29 is 13.5 Å². The highest BCUT2D eigenvalue weighted by Crippen LogP contribution is 2.31.